The Labute approximate surface area is 204 Å². The van der Waals surface area contributed by atoms with Crippen LogP contribution in [0.15, 0.2) is 48.5 Å². The van der Waals surface area contributed by atoms with Gasteiger partial charge in [0.15, 0.2) is 0 Å². The van der Waals surface area contributed by atoms with Gasteiger partial charge in [0.05, 0.1) is 6.04 Å². The molecule has 2 aromatic carbocycles. The van der Waals surface area contributed by atoms with E-state index in [1.807, 2.05) is 12.1 Å². The van der Waals surface area contributed by atoms with Gasteiger partial charge < -0.3 is 15.5 Å². The van der Waals surface area contributed by atoms with Crippen LogP contribution in [0.25, 0.3) is 0 Å². The maximum absolute atomic E-state index is 12.6. The normalized spacial score (nSPS) is 24.0. The first-order chi connectivity index (χ1) is 16.3. The molecule has 2 aliphatic rings. The molecule has 0 heterocycles. The van der Waals surface area contributed by atoms with Gasteiger partial charge >= 0.3 is 0 Å². The average Bonchev–Trinajstić information content (AvgIpc) is 3.22. The molecule has 2 amide bonds. The molecule has 5 heteroatoms. The Morgan fingerprint density at radius 3 is 2.35 bits per heavy atom. The Bertz CT molecular complexity index is 1010. The van der Waals surface area contributed by atoms with Gasteiger partial charge in [-0.3, -0.25) is 9.59 Å². The topological polar surface area (TPSA) is 61.4 Å². The van der Waals surface area contributed by atoms with Crippen LogP contribution in [0, 0.1) is 6.92 Å². The number of benzene rings is 2. The average molecular weight is 462 g/mol. The van der Waals surface area contributed by atoms with Crippen molar-refractivity contribution in [3.63, 3.8) is 0 Å². The van der Waals surface area contributed by atoms with Crippen LogP contribution in [0.4, 0.5) is 0 Å². The van der Waals surface area contributed by atoms with Gasteiger partial charge in [0.25, 0.3) is 0 Å². The van der Waals surface area contributed by atoms with Crippen LogP contribution in [0.3, 0.4) is 0 Å². The summed E-state index contributed by atoms with van der Waals surface area (Å²) in [5, 5.41) is 6.32. The fraction of sp³-hybridized carbons (Fsp3) is 0.517. The first-order valence-corrected chi connectivity index (χ1v) is 12.7. The monoisotopic (exact) mass is 461 g/mol. The summed E-state index contributed by atoms with van der Waals surface area (Å²) in [6, 6.07) is 17.4. The molecule has 0 aliphatic heterocycles. The zero-order chi connectivity index (χ0) is 24.1. The number of fused-ring (bicyclic) bond motifs is 1. The molecule has 1 unspecified atom stereocenters. The van der Waals surface area contributed by atoms with E-state index in [0.29, 0.717) is 0 Å². The highest BCUT2D eigenvalue weighted by Crippen LogP contribution is 2.36. The Morgan fingerprint density at radius 1 is 0.941 bits per heavy atom. The molecule has 4 rings (SSSR count). The van der Waals surface area contributed by atoms with Crippen LogP contribution in [0.2, 0.25) is 0 Å². The van der Waals surface area contributed by atoms with E-state index < -0.39 is 0 Å². The molecule has 2 aromatic rings. The predicted molar refractivity (Wildman–Crippen MR) is 137 cm³/mol. The number of rotatable bonds is 8. The minimum atomic E-state index is -0.0368. The Hall–Kier alpha value is -2.66. The van der Waals surface area contributed by atoms with Crippen LogP contribution in [0.5, 0.6) is 0 Å². The molecule has 2 aliphatic carbocycles. The number of hydrogen-bond acceptors (Lipinski definition) is 3. The molecule has 1 saturated carbocycles. The molecule has 2 N–H and O–H groups in total. The molecule has 0 saturated heterocycles. The second kappa shape index (κ2) is 10.7. The van der Waals surface area contributed by atoms with Crippen molar-refractivity contribution in [1.82, 2.24) is 15.5 Å². The molecule has 5 nitrogen and oxygen atoms in total. The van der Waals surface area contributed by atoms with E-state index in [1.165, 1.54) is 22.3 Å². The molecule has 1 fully saturated rings. The van der Waals surface area contributed by atoms with Crippen LogP contribution in [-0.4, -0.2) is 42.4 Å². The third-order valence-corrected chi connectivity index (χ3v) is 7.89. The molecule has 34 heavy (non-hydrogen) atoms. The largest absolute Gasteiger partial charge is 0.353 e. The molecular formula is C29H39N3O2. The number of nitrogens with zero attached hydrogens (tertiary/aromatic N) is 1. The lowest BCUT2D eigenvalue weighted by Crippen LogP contribution is -2.52. The van der Waals surface area contributed by atoms with Gasteiger partial charge in [-0.2, -0.15) is 0 Å². The van der Waals surface area contributed by atoms with Gasteiger partial charge in [0, 0.05) is 24.4 Å². The fourth-order valence-corrected chi connectivity index (χ4v) is 5.78. The van der Waals surface area contributed by atoms with Crippen molar-refractivity contribution >= 4 is 11.8 Å². The second-order valence-electron chi connectivity index (χ2n) is 10.5. The van der Waals surface area contributed by atoms with Gasteiger partial charge in [0.1, 0.15) is 0 Å². The zero-order valence-corrected chi connectivity index (χ0v) is 20.9. The number of likely N-dealkylation sites (N-methyl/N-ethyl adjacent to an activating group) is 1. The predicted octanol–water partition coefficient (Wildman–Crippen LogP) is 4.48. The third-order valence-electron chi connectivity index (χ3n) is 7.89. The smallest absolute Gasteiger partial charge is 0.220 e. The Kier molecular flexibility index (Phi) is 7.72. The lowest BCUT2D eigenvalue weighted by Gasteiger charge is -2.45. The van der Waals surface area contributed by atoms with E-state index in [0.717, 1.165) is 44.9 Å². The second-order valence-corrected chi connectivity index (χ2v) is 10.5. The van der Waals surface area contributed by atoms with Crippen molar-refractivity contribution in [2.75, 3.05) is 14.1 Å². The van der Waals surface area contributed by atoms with Crippen molar-refractivity contribution in [2.24, 2.45) is 0 Å². The Morgan fingerprint density at radius 2 is 1.65 bits per heavy atom. The summed E-state index contributed by atoms with van der Waals surface area (Å²) < 4.78 is 0. The minimum absolute atomic E-state index is 0.0111. The summed E-state index contributed by atoms with van der Waals surface area (Å²) >= 11 is 0. The SMILES string of the molecule is Cc1cccc(CC2(N(C)C)CCC(NC(=O)CCC(=O)NC3CCc4ccccc43)CC2)c1. The number of aryl methyl sites for hydroxylation is 2. The maximum Gasteiger partial charge on any atom is 0.220 e. The highest BCUT2D eigenvalue weighted by atomic mass is 16.2. The minimum Gasteiger partial charge on any atom is -0.353 e. The third kappa shape index (κ3) is 5.87. The highest BCUT2D eigenvalue weighted by Gasteiger charge is 2.37. The van der Waals surface area contributed by atoms with E-state index in [9.17, 15) is 9.59 Å². The fourth-order valence-electron chi connectivity index (χ4n) is 5.78. The van der Waals surface area contributed by atoms with Crippen LogP contribution >= 0.6 is 0 Å². The lowest BCUT2D eigenvalue weighted by atomic mass is 9.74. The summed E-state index contributed by atoms with van der Waals surface area (Å²) in [6.07, 6.45) is 7.53. The van der Waals surface area contributed by atoms with Gasteiger partial charge in [-0.05, 0) is 82.7 Å². The van der Waals surface area contributed by atoms with Crippen LogP contribution in [-0.2, 0) is 22.4 Å². The van der Waals surface area contributed by atoms with Gasteiger partial charge in [-0.25, -0.2) is 0 Å². The maximum atomic E-state index is 12.6. The van der Waals surface area contributed by atoms with Crippen LogP contribution < -0.4 is 10.6 Å². The number of hydrogen-bond donors (Lipinski definition) is 2. The number of amides is 2. The number of carbonyl (C=O) groups is 2. The zero-order valence-electron chi connectivity index (χ0n) is 20.9. The van der Waals surface area contributed by atoms with Crippen molar-refractivity contribution in [3.8, 4) is 0 Å². The van der Waals surface area contributed by atoms with Crippen molar-refractivity contribution in [3.05, 3.63) is 70.8 Å². The summed E-state index contributed by atoms with van der Waals surface area (Å²) in [7, 11) is 4.35. The first-order valence-electron chi connectivity index (χ1n) is 12.7. The summed E-state index contributed by atoms with van der Waals surface area (Å²) in [5.74, 6) is -0.0479. The van der Waals surface area contributed by atoms with Crippen molar-refractivity contribution < 1.29 is 9.59 Å². The van der Waals surface area contributed by atoms with Gasteiger partial charge in [0.2, 0.25) is 11.8 Å². The first kappa shape index (κ1) is 24.5. The number of carbonyl (C=O) groups excluding carboxylic acids is 2. The van der Waals surface area contributed by atoms with E-state index >= 15 is 0 Å². The quantitative estimate of drug-likeness (QED) is 0.609. The van der Waals surface area contributed by atoms with Crippen molar-refractivity contribution in [2.45, 2.75) is 82.3 Å². The van der Waals surface area contributed by atoms with Gasteiger partial charge in [-0.15, -0.1) is 0 Å². The molecule has 0 radical (unpaired) electrons. The molecule has 0 bridgehead atoms. The van der Waals surface area contributed by atoms with Crippen LogP contribution in [0.1, 0.15) is 73.2 Å². The molecule has 182 valence electrons. The summed E-state index contributed by atoms with van der Waals surface area (Å²) in [5.41, 5.74) is 5.35. The summed E-state index contributed by atoms with van der Waals surface area (Å²) in [4.78, 5) is 27.4. The Balaban J connectivity index is 1.22. The highest BCUT2D eigenvalue weighted by molar-refractivity contribution is 5.84. The standard InChI is InChI=1S/C29H39N3O2/c1-21-7-6-8-22(19-21)20-29(32(2)3)17-15-24(16-18-29)30-27(33)13-14-28(34)31-26-12-11-23-9-4-5-10-25(23)26/h4-10,19,24,26H,11-18,20H2,1-3H3,(H,30,33)(H,31,34). The molecular weight excluding hydrogens is 422 g/mol. The molecule has 0 aromatic heterocycles. The van der Waals surface area contributed by atoms with E-state index in [2.05, 4.69) is 73.0 Å². The molecule has 1 atom stereocenters. The van der Waals surface area contributed by atoms with E-state index in [-0.39, 0.29) is 42.3 Å². The van der Waals surface area contributed by atoms with E-state index in [4.69, 9.17) is 0 Å². The van der Waals surface area contributed by atoms with Gasteiger partial charge in [-0.1, -0.05) is 54.1 Å². The van der Waals surface area contributed by atoms with E-state index in [1.54, 1.807) is 0 Å². The molecule has 0 spiro atoms. The number of nitrogens with one attached hydrogen (secondary N) is 2. The summed E-state index contributed by atoms with van der Waals surface area (Å²) in [6.45, 7) is 2.14. The van der Waals surface area contributed by atoms with Crippen molar-refractivity contribution in [1.29, 1.82) is 0 Å². The lowest BCUT2D eigenvalue weighted by molar-refractivity contribution is -0.127.